The molecule has 1 heterocycles. The Morgan fingerprint density at radius 1 is 1.10 bits per heavy atom. The van der Waals surface area contributed by atoms with Crippen molar-refractivity contribution in [1.82, 2.24) is 0 Å². The Morgan fingerprint density at radius 3 is 2.30 bits per heavy atom. The van der Waals surface area contributed by atoms with E-state index >= 15 is 0 Å². The standard InChI is InChI=1S/C26H35BO3/c1-17(2)24(19(4)28-9)14-18(3)20-10-11-22-16-23(13-12-21(22)15-20)27-29-25(5,6)26(7,8)30-27/h12-17H,3-4,10-11H2,1-2,5-9H3/b24-14-. The number of allylic oxidation sites excluding steroid dienone is 4. The highest BCUT2D eigenvalue weighted by Crippen LogP contribution is 2.37. The van der Waals surface area contributed by atoms with E-state index in [0.29, 0.717) is 11.7 Å². The lowest BCUT2D eigenvalue weighted by atomic mass is 9.76. The molecule has 0 amide bonds. The summed E-state index contributed by atoms with van der Waals surface area (Å²) in [5, 5.41) is 0. The van der Waals surface area contributed by atoms with E-state index in [2.05, 4.69) is 85.1 Å². The summed E-state index contributed by atoms with van der Waals surface area (Å²) in [5.74, 6) is 1.03. The Kier molecular flexibility index (Phi) is 6.22. The molecule has 1 saturated heterocycles. The zero-order valence-corrected chi connectivity index (χ0v) is 19.6. The number of aryl methyl sites for hydroxylation is 1. The number of rotatable bonds is 6. The molecule has 30 heavy (non-hydrogen) atoms. The topological polar surface area (TPSA) is 27.7 Å². The van der Waals surface area contributed by atoms with Crippen LogP contribution in [0.2, 0.25) is 0 Å². The highest BCUT2D eigenvalue weighted by Gasteiger charge is 2.51. The van der Waals surface area contributed by atoms with Crippen molar-refractivity contribution in [2.24, 2.45) is 5.92 Å². The maximum Gasteiger partial charge on any atom is 0.494 e. The molecule has 0 N–H and O–H groups in total. The fourth-order valence-electron chi connectivity index (χ4n) is 3.86. The lowest BCUT2D eigenvalue weighted by molar-refractivity contribution is 0.00578. The van der Waals surface area contributed by atoms with Gasteiger partial charge in [0, 0.05) is 0 Å². The number of ether oxygens (including phenoxy) is 1. The van der Waals surface area contributed by atoms with Crippen LogP contribution in [0.25, 0.3) is 6.08 Å². The van der Waals surface area contributed by atoms with E-state index in [4.69, 9.17) is 14.0 Å². The van der Waals surface area contributed by atoms with Crippen molar-refractivity contribution in [2.75, 3.05) is 7.11 Å². The molecule has 1 aromatic rings. The summed E-state index contributed by atoms with van der Waals surface area (Å²) in [5.41, 5.74) is 6.36. The van der Waals surface area contributed by atoms with E-state index in [0.717, 1.165) is 29.5 Å². The second-order valence-corrected chi connectivity index (χ2v) is 9.62. The maximum absolute atomic E-state index is 6.22. The summed E-state index contributed by atoms with van der Waals surface area (Å²) < 4.78 is 17.8. The van der Waals surface area contributed by atoms with E-state index in [9.17, 15) is 0 Å². The molecule has 160 valence electrons. The smallest absolute Gasteiger partial charge is 0.494 e. The van der Waals surface area contributed by atoms with Gasteiger partial charge in [-0.05, 0) is 85.8 Å². The molecule has 0 saturated carbocycles. The number of hydrogen-bond acceptors (Lipinski definition) is 3. The molecule has 0 bridgehead atoms. The van der Waals surface area contributed by atoms with Crippen molar-refractivity contribution >= 4 is 18.7 Å². The van der Waals surface area contributed by atoms with Crippen LogP contribution >= 0.6 is 0 Å². The zero-order chi connectivity index (χ0) is 22.3. The molecule has 0 spiro atoms. The molecule has 1 aliphatic heterocycles. The summed E-state index contributed by atoms with van der Waals surface area (Å²) in [4.78, 5) is 0. The first kappa shape index (κ1) is 22.6. The lowest BCUT2D eigenvalue weighted by Gasteiger charge is -2.32. The average Bonchev–Trinajstić information content (AvgIpc) is 2.91. The van der Waals surface area contributed by atoms with Gasteiger partial charge >= 0.3 is 7.12 Å². The Labute approximate surface area is 182 Å². The molecule has 2 aliphatic rings. The first-order chi connectivity index (χ1) is 13.9. The monoisotopic (exact) mass is 406 g/mol. The van der Waals surface area contributed by atoms with Crippen LogP contribution in [-0.2, 0) is 20.5 Å². The van der Waals surface area contributed by atoms with Crippen LogP contribution in [0.3, 0.4) is 0 Å². The largest absolute Gasteiger partial charge is 0.497 e. The first-order valence-electron chi connectivity index (χ1n) is 10.8. The predicted octanol–water partition coefficient (Wildman–Crippen LogP) is 5.61. The highest BCUT2D eigenvalue weighted by atomic mass is 16.7. The van der Waals surface area contributed by atoms with Crippen molar-refractivity contribution in [3.05, 3.63) is 71.0 Å². The Morgan fingerprint density at radius 2 is 1.73 bits per heavy atom. The molecular weight excluding hydrogens is 371 g/mol. The number of fused-ring (bicyclic) bond motifs is 1. The van der Waals surface area contributed by atoms with Gasteiger partial charge in [0.2, 0.25) is 0 Å². The summed E-state index contributed by atoms with van der Waals surface area (Å²) in [6.07, 6.45) is 6.30. The van der Waals surface area contributed by atoms with Gasteiger partial charge in [0.25, 0.3) is 0 Å². The third-order valence-electron chi connectivity index (χ3n) is 6.62. The minimum Gasteiger partial charge on any atom is -0.497 e. The van der Waals surface area contributed by atoms with Crippen LogP contribution < -0.4 is 5.46 Å². The fourth-order valence-corrected chi connectivity index (χ4v) is 3.86. The molecule has 1 aromatic carbocycles. The van der Waals surface area contributed by atoms with Gasteiger partial charge in [0.1, 0.15) is 5.76 Å². The molecule has 3 nitrogen and oxygen atoms in total. The second kappa shape index (κ2) is 8.24. The fraction of sp³-hybridized carbons (Fsp3) is 0.462. The Balaban J connectivity index is 1.83. The van der Waals surface area contributed by atoms with Crippen LogP contribution in [0.15, 0.2) is 59.9 Å². The third kappa shape index (κ3) is 4.35. The van der Waals surface area contributed by atoms with Gasteiger partial charge in [-0.15, -0.1) is 0 Å². The van der Waals surface area contributed by atoms with Crippen LogP contribution in [0.1, 0.15) is 59.1 Å². The van der Waals surface area contributed by atoms with Gasteiger partial charge in [-0.1, -0.05) is 51.3 Å². The summed E-state index contributed by atoms with van der Waals surface area (Å²) in [6.45, 7) is 21.0. The van der Waals surface area contributed by atoms with Crippen LogP contribution in [0.4, 0.5) is 0 Å². The van der Waals surface area contributed by atoms with Gasteiger partial charge < -0.3 is 14.0 Å². The minimum atomic E-state index is -0.328. The summed E-state index contributed by atoms with van der Waals surface area (Å²) in [7, 11) is 1.34. The molecule has 0 radical (unpaired) electrons. The van der Waals surface area contributed by atoms with Gasteiger partial charge in [-0.3, -0.25) is 0 Å². The lowest BCUT2D eigenvalue weighted by Crippen LogP contribution is -2.41. The van der Waals surface area contributed by atoms with Gasteiger partial charge in [-0.2, -0.15) is 0 Å². The second-order valence-electron chi connectivity index (χ2n) is 9.62. The molecular formula is C26H35BO3. The predicted molar refractivity (Wildman–Crippen MR) is 127 cm³/mol. The molecule has 0 unspecified atom stereocenters. The van der Waals surface area contributed by atoms with E-state index in [1.54, 1.807) is 7.11 Å². The van der Waals surface area contributed by atoms with E-state index < -0.39 is 0 Å². The molecule has 1 fully saturated rings. The molecule has 3 rings (SSSR count). The SMILES string of the molecule is C=C(/C=C(\C(=C)OC)C(C)C)C1=Cc2ccc(B3OC(C)(C)C(C)(C)O3)cc2CC1. The molecule has 4 heteroatoms. The van der Waals surface area contributed by atoms with Crippen LogP contribution in [-0.4, -0.2) is 25.4 Å². The van der Waals surface area contributed by atoms with Crippen molar-refractivity contribution in [3.8, 4) is 0 Å². The molecule has 1 aliphatic carbocycles. The highest BCUT2D eigenvalue weighted by molar-refractivity contribution is 6.62. The van der Waals surface area contributed by atoms with Crippen molar-refractivity contribution in [1.29, 1.82) is 0 Å². The minimum absolute atomic E-state index is 0.322. The number of methoxy groups -OCH3 is 1. The zero-order valence-electron chi connectivity index (χ0n) is 19.6. The van der Waals surface area contributed by atoms with Gasteiger partial charge in [0.05, 0.1) is 18.3 Å². The normalized spacial score (nSPS) is 20.1. The average molecular weight is 406 g/mol. The van der Waals surface area contributed by atoms with E-state index in [1.807, 2.05) is 0 Å². The van der Waals surface area contributed by atoms with Crippen molar-refractivity contribution in [2.45, 2.75) is 65.6 Å². The first-order valence-corrected chi connectivity index (χ1v) is 10.8. The Hall–Kier alpha value is -2.04. The number of hydrogen-bond donors (Lipinski definition) is 0. The van der Waals surface area contributed by atoms with Crippen molar-refractivity contribution in [3.63, 3.8) is 0 Å². The Bertz CT molecular complexity index is 902. The van der Waals surface area contributed by atoms with E-state index in [1.165, 1.54) is 16.7 Å². The third-order valence-corrected chi connectivity index (χ3v) is 6.62. The van der Waals surface area contributed by atoms with Gasteiger partial charge in [0.15, 0.2) is 0 Å². The van der Waals surface area contributed by atoms with E-state index in [-0.39, 0.29) is 18.3 Å². The summed E-state index contributed by atoms with van der Waals surface area (Å²) >= 11 is 0. The number of benzene rings is 1. The quantitative estimate of drug-likeness (QED) is 0.349. The van der Waals surface area contributed by atoms with Gasteiger partial charge in [-0.25, -0.2) is 0 Å². The molecule has 0 atom stereocenters. The maximum atomic E-state index is 6.22. The van der Waals surface area contributed by atoms with Crippen LogP contribution in [0.5, 0.6) is 0 Å². The van der Waals surface area contributed by atoms with Crippen LogP contribution in [0, 0.1) is 5.92 Å². The summed E-state index contributed by atoms with van der Waals surface area (Å²) in [6, 6.07) is 6.52. The molecule has 0 aromatic heterocycles. The van der Waals surface area contributed by atoms with Crippen molar-refractivity contribution < 1.29 is 14.0 Å².